The first-order chi connectivity index (χ1) is 54.5. The second kappa shape index (κ2) is 37.6. The Kier molecular flexibility index (Phi) is 26.0. The molecule has 1 amide bonds. The predicted octanol–water partition coefficient (Wildman–Crippen LogP) is 19.1. The molecule has 0 atom stereocenters. The average Bonchev–Trinajstić information content (AvgIpc) is 1.64. The molecule has 12 aromatic rings. The third-order valence-electron chi connectivity index (χ3n) is 22.8. The number of carbonyl (C=O) groups is 1. The second-order valence-corrected chi connectivity index (χ2v) is 31.0. The number of hydrogen-bond donors (Lipinski definition) is 2. The van der Waals surface area contributed by atoms with Crippen molar-refractivity contribution in [3.8, 4) is 48.2 Å². The van der Waals surface area contributed by atoms with E-state index in [4.69, 9.17) is 35.9 Å². The van der Waals surface area contributed by atoms with E-state index in [1.54, 1.807) is 6.20 Å². The molecule has 17 heteroatoms. The minimum atomic E-state index is -0.114. The van der Waals surface area contributed by atoms with Gasteiger partial charge in [-0.3, -0.25) is 4.79 Å². The van der Waals surface area contributed by atoms with Gasteiger partial charge in [0.1, 0.15) is 34.1 Å². The molecule has 17 rings (SSSR count). The molecule has 0 unspecified atom stereocenters. The van der Waals surface area contributed by atoms with Gasteiger partial charge in [-0.05, 0) is 165 Å². The van der Waals surface area contributed by atoms with E-state index in [1.807, 2.05) is 37.6 Å². The van der Waals surface area contributed by atoms with E-state index in [0.29, 0.717) is 65.4 Å². The third kappa shape index (κ3) is 19.8. The molecule has 0 bridgehead atoms. The van der Waals surface area contributed by atoms with Gasteiger partial charge in [-0.25, -0.2) is 39.9 Å². The molecule has 566 valence electrons. The molecule has 1 saturated heterocycles. The van der Waals surface area contributed by atoms with E-state index in [-0.39, 0.29) is 5.91 Å². The number of nitrogens with zero attached hydrogens (tertiary/aromatic N) is 13. The third-order valence-corrected chi connectivity index (χ3v) is 23.0. The largest absolute Gasteiger partial charge is 0.369 e. The molecule has 5 aliphatic rings. The number of hydrogen-bond acceptors (Lipinski definition) is 12. The smallest absolute Gasteiger partial charge is 0.256 e. The number of terminal acetylenes is 3. The zero-order chi connectivity index (χ0) is 76.3. The first-order valence-electron chi connectivity index (χ1n) is 40.3. The van der Waals surface area contributed by atoms with Gasteiger partial charge in [-0.2, -0.15) is 0 Å². The van der Waals surface area contributed by atoms with Gasteiger partial charge in [0.25, 0.3) is 5.91 Å². The summed E-state index contributed by atoms with van der Waals surface area (Å²) in [6.07, 6.45) is 52.3. The maximum absolute atomic E-state index is 12.9. The van der Waals surface area contributed by atoms with Gasteiger partial charge in [0.05, 0.1) is 0 Å². The number of rotatable bonds is 17. The number of fused-ring (bicyclic) bond motifs is 3. The van der Waals surface area contributed by atoms with Crippen LogP contribution in [-0.4, -0.2) is 110 Å². The number of aromatic nitrogens is 11. The van der Waals surface area contributed by atoms with Crippen molar-refractivity contribution < 1.29 is 4.79 Å². The molecule has 5 fully saturated rings. The number of nitrogens with one attached hydrogen (secondary N) is 2. The molecule has 4 saturated carbocycles. The molecule has 7 aromatic heterocycles. The van der Waals surface area contributed by atoms with Gasteiger partial charge in [-0.15, -0.1) is 19.3 Å². The van der Waals surface area contributed by atoms with Crippen LogP contribution in [0.25, 0.3) is 44.2 Å². The quantitative estimate of drug-likeness (QED) is 0.0830. The lowest BCUT2D eigenvalue weighted by Crippen LogP contribution is -2.44. The van der Waals surface area contributed by atoms with Crippen LogP contribution in [-0.2, 0) is 25.7 Å². The minimum absolute atomic E-state index is 0.114. The monoisotopic (exact) mass is 1490 g/mol. The number of piperazine rings is 1. The topological polar surface area (TPSA) is 166 Å². The summed E-state index contributed by atoms with van der Waals surface area (Å²) in [5.41, 5.74) is 16.2. The van der Waals surface area contributed by atoms with Crippen LogP contribution in [0.2, 0.25) is 5.02 Å². The Morgan fingerprint density at radius 1 is 0.459 bits per heavy atom. The number of anilines is 2. The molecule has 1 aliphatic heterocycles. The summed E-state index contributed by atoms with van der Waals surface area (Å²) in [6, 6.07) is 55.4. The van der Waals surface area contributed by atoms with E-state index in [1.165, 1.54) is 172 Å². The Morgan fingerprint density at radius 2 is 0.865 bits per heavy atom. The number of carbonyl (C=O) groups excluding carboxylic acids is 1. The first kappa shape index (κ1) is 76.8. The van der Waals surface area contributed by atoms with Crippen LogP contribution < -0.4 is 15.5 Å². The van der Waals surface area contributed by atoms with E-state index >= 15 is 0 Å². The van der Waals surface area contributed by atoms with Crippen molar-refractivity contribution >= 4 is 62.1 Å². The zero-order valence-electron chi connectivity index (χ0n) is 64.4. The molecular weight excluding hydrogens is 1390 g/mol. The molecule has 111 heavy (non-hydrogen) atoms. The summed E-state index contributed by atoms with van der Waals surface area (Å²) >= 11 is 6.02. The summed E-state index contributed by atoms with van der Waals surface area (Å²) < 4.78 is 7.29. The van der Waals surface area contributed by atoms with E-state index < -0.39 is 0 Å². The number of amides is 1. The summed E-state index contributed by atoms with van der Waals surface area (Å²) in [5, 5.41) is 10.5. The van der Waals surface area contributed by atoms with Crippen LogP contribution in [0.3, 0.4) is 0 Å². The van der Waals surface area contributed by atoms with Crippen molar-refractivity contribution in [2.24, 2.45) is 0 Å². The molecule has 0 spiro atoms. The Labute approximate surface area is 659 Å². The highest BCUT2D eigenvalue weighted by Crippen LogP contribution is 2.38. The predicted molar refractivity (Wildman–Crippen MR) is 450 cm³/mol. The first-order valence-corrected chi connectivity index (χ1v) is 40.7. The van der Waals surface area contributed by atoms with Gasteiger partial charge < -0.3 is 34.1 Å². The highest BCUT2D eigenvalue weighted by atomic mass is 35.5. The number of halogens is 1. The molecule has 5 aromatic carbocycles. The fourth-order valence-electron chi connectivity index (χ4n) is 16.9. The highest BCUT2D eigenvalue weighted by Gasteiger charge is 2.27. The summed E-state index contributed by atoms with van der Waals surface area (Å²) in [4.78, 5) is 53.3. The summed E-state index contributed by atoms with van der Waals surface area (Å²) in [6.45, 7) is 6.80. The van der Waals surface area contributed by atoms with Crippen molar-refractivity contribution in [2.75, 3.05) is 50.0 Å². The highest BCUT2D eigenvalue weighted by molar-refractivity contribution is 6.30. The van der Waals surface area contributed by atoms with Crippen molar-refractivity contribution in [1.82, 2.24) is 63.8 Å². The van der Waals surface area contributed by atoms with Gasteiger partial charge in [0.15, 0.2) is 0 Å². The molecule has 0 radical (unpaired) electrons. The second-order valence-electron chi connectivity index (χ2n) is 30.6. The van der Waals surface area contributed by atoms with Gasteiger partial charge in [0, 0.05) is 145 Å². The normalized spacial score (nSPS) is 15.9. The van der Waals surface area contributed by atoms with Crippen molar-refractivity contribution in [1.29, 1.82) is 0 Å². The van der Waals surface area contributed by atoms with Crippen LogP contribution in [0.1, 0.15) is 220 Å². The average molecular weight is 1490 g/mol. The summed E-state index contributed by atoms with van der Waals surface area (Å²) in [5.74, 6) is 10.4. The van der Waals surface area contributed by atoms with Crippen molar-refractivity contribution in [2.45, 2.75) is 185 Å². The van der Waals surface area contributed by atoms with Crippen LogP contribution in [0.15, 0.2) is 176 Å². The zero-order valence-corrected chi connectivity index (χ0v) is 65.1. The number of aryl methyl sites for hydroxylation is 1. The van der Waals surface area contributed by atoms with E-state index in [2.05, 4.69) is 233 Å². The number of likely N-dealkylation sites (N-methyl/N-ethyl adjacent to an activating group) is 1. The van der Waals surface area contributed by atoms with Crippen LogP contribution in [0.5, 0.6) is 0 Å². The Balaban J connectivity index is 0.000000124. The molecule has 2 N–H and O–H groups in total. The van der Waals surface area contributed by atoms with Gasteiger partial charge in [0.2, 0.25) is 17.5 Å². The number of benzene rings is 5. The SMILES string of the molecule is C#Cc1ncc2cc(Cc3ccc(-c4ccccc4)cc3)n(C3CCCCC3)c2n1.C#Cc1ncc2cc(Cc3ccc(Cl)cc3)n(C3CCCCC3)c2n1.C#Cc1ncc2cc(Cc3ccccc3)n(C3CCCCC3)c2n1.Cc1ncc(C(=O)NCCc2ccc(N3CCN(C)CC3)cc2)c(NC2CCCCC2)n1. The fourth-order valence-corrected chi connectivity index (χ4v) is 17.0. The van der Waals surface area contributed by atoms with Gasteiger partial charge >= 0.3 is 0 Å². The summed E-state index contributed by atoms with van der Waals surface area (Å²) in [7, 11) is 2.17. The maximum Gasteiger partial charge on any atom is 0.256 e. The molecule has 16 nitrogen and oxygen atoms in total. The van der Waals surface area contributed by atoms with Crippen LogP contribution in [0.4, 0.5) is 11.5 Å². The van der Waals surface area contributed by atoms with E-state index in [9.17, 15) is 4.79 Å². The molecule has 4 aliphatic carbocycles. The van der Waals surface area contributed by atoms with E-state index in [0.717, 1.165) is 103 Å². The maximum atomic E-state index is 12.9. The molecular formula is C94H102ClN15O. The standard InChI is InChI=1S/C27H25N3.C25H36N6O.C21H20ClN3.C21H21N3/c1-2-26-28-19-23-18-25(30(27(23)29-26)24-11-7-4-8-12-24)17-20-13-15-22(16-14-20)21-9-5-3-6-10-21;1-19-27-18-23(24(28-19)29-21-6-4-3-5-7-21)25(32)26-13-12-20-8-10-22(11-9-20)31-16-14-30(2)15-17-31;1-2-20-23-14-16-13-19(12-15-8-10-17(22)11-9-15)25(21(16)24-20)18-6-4-3-5-7-18;1-2-20-22-15-17-14-19(13-16-9-5-3-6-10-16)24(21(17)23-20)18-11-7-4-8-12-18/h1,3,5-6,9-10,13-16,18-19,24H,4,7-8,11-12,17H2;8-11,18,21H,3-7,12-17H2,1-2H3,(H,26,32)(H,27,28,29);1,8-11,13-14,18H,3-7,12H2;1,3,5-6,9-10,14-15,18H,4,7-8,11-13H2. The molecule has 8 heterocycles. The lowest BCUT2D eigenvalue weighted by molar-refractivity contribution is 0.0954. The minimum Gasteiger partial charge on any atom is -0.369 e. The fraction of sp³-hybridized carbons (Fsp3) is 0.372. The van der Waals surface area contributed by atoms with Crippen molar-refractivity contribution in [3.05, 3.63) is 250 Å². The van der Waals surface area contributed by atoms with Gasteiger partial charge in [-0.1, -0.05) is 198 Å². The Hall–Kier alpha value is -11.0. The Morgan fingerprint density at radius 3 is 1.32 bits per heavy atom. The van der Waals surface area contributed by atoms with Crippen LogP contribution in [0, 0.1) is 44.0 Å². The Bertz CT molecular complexity index is 5190. The van der Waals surface area contributed by atoms with Crippen LogP contribution >= 0.6 is 11.6 Å². The lowest BCUT2D eigenvalue weighted by atomic mass is 9.95. The lowest BCUT2D eigenvalue weighted by Gasteiger charge is -2.34. The van der Waals surface area contributed by atoms with Crippen molar-refractivity contribution in [3.63, 3.8) is 0 Å².